The molecule has 0 unspecified atom stereocenters. The molecule has 0 N–H and O–H groups in total. The first-order valence-corrected chi connectivity index (χ1v) is 5.36. The van der Waals surface area contributed by atoms with Crippen molar-refractivity contribution in [2.24, 2.45) is 0 Å². The largest absolute Gasteiger partial charge is 0.342 e. The molecule has 0 radical (unpaired) electrons. The highest BCUT2D eigenvalue weighted by molar-refractivity contribution is 14.1. The third-order valence-corrected chi connectivity index (χ3v) is 2.96. The quantitative estimate of drug-likeness (QED) is 0.742. The van der Waals surface area contributed by atoms with E-state index in [4.69, 9.17) is 0 Å². The summed E-state index contributed by atoms with van der Waals surface area (Å²) in [6.07, 6.45) is 1.33. The molecule has 0 aliphatic rings. The lowest BCUT2D eigenvalue weighted by Crippen LogP contribution is -1.84. The minimum absolute atomic E-state index is 0.616. The Labute approximate surface area is 96.8 Å². The predicted molar refractivity (Wildman–Crippen MR) is 60.2 cm³/mol. The molecule has 0 atom stereocenters. The van der Waals surface area contributed by atoms with Gasteiger partial charge in [0, 0.05) is 13.6 Å². The van der Waals surface area contributed by atoms with Crippen LogP contribution < -0.4 is 0 Å². The van der Waals surface area contributed by atoms with Crippen LogP contribution in [-0.2, 0) is 0 Å². The average Bonchev–Trinajstić information content (AvgIpc) is 2.61. The van der Waals surface area contributed by atoms with Gasteiger partial charge in [-0.3, -0.25) is 0 Å². The summed E-state index contributed by atoms with van der Waals surface area (Å²) in [7, 11) is 0. The van der Waals surface area contributed by atoms with Gasteiger partial charge in [-0.15, -0.1) is 0 Å². The molecular weight excluding hydrogens is 347 g/mol. The highest BCUT2D eigenvalue weighted by Gasteiger charge is 2.07. The van der Waals surface area contributed by atoms with Crippen molar-refractivity contribution < 1.29 is 4.52 Å². The van der Waals surface area contributed by atoms with Gasteiger partial charge >= 0.3 is 0 Å². The summed E-state index contributed by atoms with van der Waals surface area (Å²) < 4.78 is 6.79. The minimum Gasteiger partial charge on any atom is -0.342 e. The van der Waals surface area contributed by atoms with E-state index in [1.165, 1.54) is 6.39 Å². The van der Waals surface area contributed by atoms with E-state index in [2.05, 4.69) is 53.2 Å². The number of nitrogens with zero attached hydrogens (tertiary/aromatic N) is 2. The molecule has 0 amide bonds. The molecule has 0 bridgehead atoms. The number of halogens is 2. The molecule has 13 heavy (non-hydrogen) atoms. The van der Waals surface area contributed by atoms with E-state index in [0.717, 1.165) is 13.6 Å². The maximum absolute atomic E-state index is 4.68. The molecule has 0 saturated heterocycles. The Morgan fingerprint density at radius 3 is 2.92 bits per heavy atom. The highest BCUT2D eigenvalue weighted by atomic mass is 127. The second kappa shape index (κ2) is 3.75. The van der Waals surface area contributed by atoms with Crippen LogP contribution in [0.2, 0.25) is 0 Å². The van der Waals surface area contributed by atoms with E-state index in [1.807, 2.05) is 18.2 Å². The van der Waals surface area contributed by atoms with E-state index in [1.54, 1.807) is 0 Å². The molecule has 3 nitrogen and oxygen atoms in total. The summed E-state index contributed by atoms with van der Waals surface area (Å²) in [5, 5.41) is 3.78. The van der Waals surface area contributed by atoms with Gasteiger partial charge in [0.25, 0.3) is 0 Å². The van der Waals surface area contributed by atoms with Gasteiger partial charge in [-0.2, -0.15) is 4.98 Å². The first kappa shape index (κ1) is 9.14. The molecule has 0 fully saturated rings. The monoisotopic (exact) mass is 350 g/mol. The normalized spacial score (nSPS) is 10.3. The fourth-order valence-electron chi connectivity index (χ4n) is 0.958. The smallest absolute Gasteiger partial charge is 0.214 e. The van der Waals surface area contributed by atoms with Crippen molar-refractivity contribution in [3.63, 3.8) is 0 Å². The Bertz CT molecular complexity index is 416. The Kier molecular flexibility index (Phi) is 2.63. The molecule has 5 heteroatoms. The molecule has 0 spiro atoms. The summed E-state index contributed by atoms with van der Waals surface area (Å²) in [6, 6.07) is 5.94. The zero-order valence-corrected chi connectivity index (χ0v) is 10.1. The van der Waals surface area contributed by atoms with Gasteiger partial charge in [0.05, 0.1) is 0 Å². The van der Waals surface area contributed by atoms with Crippen LogP contribution in [0, 0.1) is 3.57 Å². The average molecular weight is 351 g/mol. The van der Waals surface area contributed by atoms with E-state index in [0.29, 0.717) is 5.82 Å². The lowest BCUT2D eigenvalue weighted by Gasteiger charge is -1.98. The van der Waals surface area contributed by atoms with Crippen LogP contribution in [0.25, 0.3) is 11.4 Å². The van der Waals surface area contributed by atoms with Gasteiger partial charge in [0.2, 0.25) is 12.2 Å². The Hall–Kier alpha value is -0.430. The Morgan fingerprint density at radius 2 is 2.23 bits per heavy atom. The number of benzene rings is 1. The molecule has 1 heterocycles. The van der Waals surface area contributed by atoms with Gasteiger partial charge in [-0.25, -0.2) is 0 Å². The van der Waals surface area contributed by atoms with Gasteiger partial charge in [-0.1, -0.05) is 21.1 Å². The lowest BCUT2D eigenvalue weighted by molar-refractivity contribution is 0.418. The molecule has 1 aromatic carbocycles. The summed E-state index contributed by atoms with van der Waals surface area (Å²) in [6.45, 7) is 0. The molecule has 66 valence electrons. The third kappa shape index (κ3) is 1.91. The molecule has 2 aromatic rings. The van der Waals surface area contributed by atoms with E-state index >= 15 is 0 Å². The molecule has 0 saturated carbocycles. The molecular formula is C8H4BrIN2O. The zero-order chi connectivity index (χ0) is 9.26. The number of rotatable bonds is 1. The molecule has 1 aromatic heterocycles. The topological polar surface area (TPSA) is 38.9 Å². The summed E-state index contributed by atoms with van der Waals surface area (Å²) >= 11 is 5.63. The van der Waals surface area contributed by atoms with Crippen LogP contribution in [0.1, 0.15) is 0 Å². The van der Waals surface area contributed by atoms with E-state index in [-0.39, 0.29) is 0 Å². The number of aromatic nitrogens is 2. The maximum Gasteiger partial charge on any atom is 0.214 e. The van der Waals surface area contributed by atoms with Crippen molar-refractivity contribution in [1.82, 2.24) is 10.1 Å². The fraction of sp³-hybridized carbons (Fsp3) is 0. The van der Waals surface area contributed by atoms with Crippen molar-refractivity contribution in [1.29, 1.82) is 0 Å². The molecule has 0 aliphatic heterocycles. The summed E-state index contributed by atoms with van der Waals surface area (Å²) in [5.41, 5.74) is 0.976. The van der Waals surface area contributed by atoms with Crippen molar-refractivity contribution in [3.05, 3.63) is 32.6 Å². The van der Waals surface area contributed by atoms with Gasteiger partial charge in [0.15, 0.2) is 0 Å². The van der Waals surface area contributed by atoms with Gasteiger partial charge < -0.3 is 4.52 Å². The number of hydrogen-bond donors (Lipinski definition) is 0. The fourth-order valence-corrected chi connectivity index (χ4v) is 1.90. The van der Waals surface area contributed by atoms with Crippen LogP contribution in [-0.4, -0.2) is 10.1 Å². The van der Waals surface area contributed by atoms with Crippen molar-refractivity contribution in [2.45, 2.75) is 0 Å². The second-order valence-electron chi connectivity index (χ2n) is 2.38. The van der Waals surface area contributed by atoms with Crippen LogP contribution in [0.3, 0.4) is 0 Å². The first-order chi connectivity index (χ1) is 6.27. The Balaban J connectivity index is 2.57. The van der Waals surface area contributed by atoms with Gasteiger partial charge in [-0.05, 0) is 40.8 Å². The SMILES string of the molecule is Brc1ccc(I)c(-c2ncon2)c1. The van der Waals surface area contributed by atoms with Crippen LogP contribution in [0.4, 0.5) is 0 Å². The minimum atomic E-state index is 0.616. The Morgan fingerprint density at radius 1 is 1.38 bits per heavy atom. The van der Waals surface area contributed by atoms with Crippen LogP contribution in [0.5, 0.6) is 0 Å². The van der Waals surface area contributed by atoms with E-state index in [9.17, 15) is 0 Å². The summed E-state index contributed by atoms with van der Waals surface area (Å²) in [4.78, 5) is 3.99. The standard InChI is InChI=1S/C8H4BrIN2O/c9-5-1-2-7(10)6(3-5)8-11-4-13-12-8/h1-4H. The van der Waals surface area contributed by atoms with Crippen LogP contribution >= 0.6 is 38.5 Å². The predicted octanol–water partition coefficient (Wildman–Crippen LogP) is 3.10. The number of hydrogen-bond acceptors (Lipinski definition) is 3. The van der Waals surface area contributed by atoms with E-state index < -0.39 is 0 Å². The first-order valence-electron chi connectivity index (χ1n) is 3.49. The van der Waals surface area contributed by atoms with Crippen LogP contribution in [0.15, 0.2) is 33.6 Å². The molecule has 2 rings (SSSR count). The highest BCUT2D eigenvalue weighted by Crippen LogP contribution is 2.25. The lowest BCUT2D eigenvalue weighted by atomic mass is 10.2. The molecule has 0 aliphatic carbocycles. The van der Waals surface area contributed by atoms with Crippen molar-refractivity contribution >= 4 is 38.5 Å². The summed E-state index contributed by atoms with van der Waals surface area (Å²) in [5.74, 6) is 0.616. The van der Waals surface area contributed by atoms with Crippen molar-refractivity contribution in [3.8, 4) is 11.4 Å². The van der Waals surface area contributed by atoms with Crippen molar-refractivity contribution in [2.75, 3.05) is 0 Å². The zero-order valence-electron chi connectivity index (χ0n) is 6.37. The van der Waals surface area contributed by atoms with Gasteiger partial charge in [0.1, 0.15) is 0 Å². The second-order valence-corrected chi connectivity index (χ2v) is 4.46. The maximum atomic E-state index is 4.68. The third-order valence-electron chi connectivity index (χ3n) is 1.53.